The molecule has 2 aromatic rings. The van der Waals surface area contributed by atoms with Gasteiger partial charge in [-0.25, -0.2) is 0 Å². The van der Waals surface area contributed by atoms with Gasteiger partial charge in [0.15, 0.2) is 0 Å². The zero-order valence-electron chi connectivity index (χ0n) is 12.3. The molecule has 0 amide bonds. The third kappa shape index (κ3) is 4.38. The predicted molar refractivity (Wildman–Crippen MR) is 86.0 cm³/mol. The molecular weight excluding hydrogens is 286 g/mol. The van der Waals surface area contributed by atoms with Crippen molar-refractivity contribution < 1.29 is 9.84 Å². The lowest BCUT2D eigenvalue weighted by atomic mass is 10.1. The second kappa shape index (κ2) is 7.34. The number of rotatable bonds is 6. The molecule has 4 heteroatoms. The van der Waals surface area contributed by atoms with Crippen LogP contribution in [0.15, 0.2) is 42.5 Å². The van der Waals surface area contributed by atoms with Crippen LogP contribution >= 0.6 is 11.6 Å². The molecule has 0 saturated heterocycles. The first kappa shape index (κ1) is 15.7. The van der Waals surface area contributed by atoms with Crippen LogP contribution in [0.3, 0.4) is 0 Å². The number of nitrogens with one attached hydrogen (secondary N) is 1. The van der Waals surface area contributed by atoms with Gasteiger partial charge in [-0.15, -0.1) is 0 Å². The van der Waals surface area contributed by atoms with E-state index in [0.29, 0.717) is 18.2 Å². The summed E-state index contributed by atoms with van der Waals surface area (Å²) in [5.41, 5.74) is 2.24. The first-order valence-corrected chi connectivity index (χ1v) is 7.41. The van der Waals surface area contributed by atoms with Crippen molar-refractivity contribution in [3.8, 4) is 11.5 Å². The van der Waals surface area contributed by atoms with Crippen molar-refractivity contribution in [1.82, 2.24) is 5.32 Å². The molecule has 0 aliphatic carbocycles. The van der Waals surface area contributed by atoms with Crippen LogP contribution in [0.1, 0.15) is 31.0 Å². The number of benzene rings is 2. The van der Waals surface area contributed by atoms with Crippen molar-refractivity contribution in [2.75, 3.05) is 6.61 Å². The van der Waals surface area contributed by atoms with E-state index in [4.69, 9.17) is 16.3 Å². The molecule has 21 heavy (non-hydrogen) atoms. The van der Waals surface area contributed by atoms with Gasteiger partial charge in [-0.1, -0.05) is 29.8 Å². The largest absolute Gasteiger partial charge is 0.506 e. The third-order valence-electron chi connectivity index (χ3n) is 3.32. The predicted octanol–water partition coefficient (Wildman–Crippen LogP) is 4.30. The molecule has 0 aliphatic heterocycles. The molecule has 0 bridgehead atoms. The Kier molecular flexibility index (Phi) is 5.48. The van der Waals surface area contributed by atoms with E-state index < -0.39 is 0 Å². The number of ether oxygens (including phenoxy) is 1. The fourth-order valence-corrected chi connectivity index (χ4v) is 2.27. The quantitative estimate of drug-likeness (QED) is 0.836. The maximum absolute atomic E-state index is 9.40. The molecule has 0 fully saturated rings. The van der Waals surface area contributed by atoms with Gasteiger partial charge in [-0.2, -0.15) is 0 Å². The van der Waals surface area contributed by atoms with Crippen molar-refractivity contribution in [3.63, 3.8) is 0 Å². The minimum absolute atomic E-state index is 0.111. The van der Waals surface area contributed by atoms with Gasteiger partial charge in [0.1, 0.15) is 11.5 Å². The van der Waals surface area contributed by atoms with Crippen molar-refractivity contribution in [2.24, 2.45) is 0 Å². The molecule has 0 aliphatic rings. The van der Waals surface area contributed by atoms with E-state index >= 15 is 0 Å². The topological polar surface area (TPSA) is 41.5 Å². The third-order valence-corrected chi connectivity index (χ3v) is 3.62. The number of hydrogen-bond acceptors (Lipinski definition) is 3. The van der Waals surface area contributed by atoms with Crippen LogP contribution in [0.25, 0.3) is 0 Å². The second-order valence-corrected chi connectivity index (χ2v) is 5.30. The Labute approximate surface area is 130 Å². The van der Waals surface area contributed by atoms with Crippen LogP contribution in [-0.2, 0) is 6.54 Å². The van der Waals surface area contributed by atoms with E-state index in [1.807, 2.05) is 25.1 Å². The summed E-state index contributed by atoms with van der Waals surface area (Å²) in [6.45, 7) is 5.45. The second-order valence-electron chi connectivity index (χ2n) is 4.89. The Bertz CT molecular complexity index is 584. The molecule has 0 saturated carbocycles. The monoisotopic (exact) mass is 305 g/mol. The minimum Gasteiger partial charge on any atom is -0.506 e. The van der Waals surface area contributed by atoms with Gasteiger partial charge in [0, 0.05) is 12.6 Å². The SMILES string of the molecule is CCOc1ccc(C(C)NCc2ccc(O)c(Cl)c2)cc1. The highest BCUT2D eigenvalue weighted by Gasteiger charge is 2.06. The fraction of sp³-hybridized carbons (Fsp3) is 0.294. The summed E-state index contributed by atoms with van der Waals surface area (Å²) in [4.78, 5) is 0. The Morgan fingerprint density at radius 3 is 2.52 bits per heavy atom. The maximum Gasteiger partial charge on any atom is 0.134 e. The highest BCUT2D eigenvalue weighted by Crippen LogP contribution is 2.24. The van der Waals surface area contributed by atoms with Crippen LogP contribution in [0.4, 0.5) is 0 Å². The lowest BCUT2D eigenvalue weighted by Gasteiger charge is -2.15. The Morgan fingerprint density at radius 1 is 1.19 bits per heavy atom. The van der Waals surface area contributed by atoms with Gasteiger partial charge in [-0.05, 0) is 49.2 Å². The van der Waals surface area contributed by atoms with Crippen LogP contribution < -0.4 is 10.1 Å². The molecule has 1 atom stereocenters. The molecule has 2 N–H and O–H groups in total. The minimum atomic E-state index is 0.111. The van der Waals surface area contributed by atoms with E-state index in [0.717, 1.165) is 11.3 Å². The number of aromatic hydroxyl groups is 1. The number of phenols is 1. The standard InChI is InChI=1S/C17H20ClNO2/c1-3-21-15-7-5-14(6-8-15)12(2)19-11-13-4-9-17(20)16(18)10-13/h4-10,12,19-20H,3,11H2,1-2H3. The summed E-state index contributed by atoms with van der Waals surface area (Å²) >= 11 is 5.90. The summed E-state index contributed by atoms with van der Waals surface area (Å²) in [5.74, 6) is 0.999. The van der Waals surface area contributed by atoms with Crippen molar-refractivity contribution in [2.45, 2.75) is 26.4 Å². The molecule has 2 rings (SSSR count). The smallest absolute Gasteiger partial charge is 0.134 e. The zero-order valence-corrected chi connectivity index (χ0v) is 13.0. The van der Waals surface area contributed by atoms with E-state index in [1.54, 1.807) is 12.1 Å². The number of halogens is 1. The van der Waals surface area contributed by atoms with Gasteiger partial charge in [0.2, 0.25) is 0 Å². The van der Waals surface area contributed by atoms with E-state index in [-0.39, 0.29) is 11.8 Å². The van der Waals surface area contributed by atoms with E-state index in [1.165, 1.54) is 5.56 Å². The molecule has 0 heterocycles. The van der Waals surface area contributed by atoms with Gasteiger partial charge in [0.25, 0.3) is 0 Å². The first-order chi connectivity index (χ1) is 10.1. The lowest BCUT2D eigenvalue weighted by Crippen LogP contribution is -2.18. The normalized spacial score (nSPS) is 12.1. The van der Waals surface area contributed by atoms with Crippen LogP contribution in [0, 0.1) is 0 Å². The van der Waals surface area contributed by atoms with Crippen molar-refractivity contribution in [3.05, 3.63) is 58.6 Å². The van der Waals surface area contributed by atoms with Crippen molar-refractivity contribution >= 4 is 11.6 Å². The van der Waals surface area contributed by atoms with Gasteiger partial charge < -0.3 is 15.2 Å². The van der Waals surface area contributed by atoms with Crippen molar-refractivity contribution in [1.29, 1.82) is 0 Å². The highest BCUT2D eigenvalue weighted by atomic mass is 35.5. The summed E-state index contributed by atoms with van der Waals surface area (Å²) in [6, 6.07) is 13.5. The van der Waals surface area contributed by atoms with Crippen LogP contribution in [0.2, 0.25) is 5.02 Å². The van der Waals surface area contributed by atoms with Crippen LogP contribution in [0.5, 0.6) is 11.5 Å². The first-order valence-electron chi connectivity index (χ1n) is 7.03. The Balaban J connectivity index is 1.94. The van der Waals surface area contributed by atoms with Gasteiger partial charge in [0.05, 0.1) is 11.6 Å². The zero-order chi connectivity index (χ0) is 15.2. The molecule has 0 radical (unpaired) electrons. The number of hydrogen-bond donors (Lipinski definition) is 2. The van der Waals surface area contributed by atoms with Gasteiger partial charge in [-0.3, -0.25) is 0 Å². The molecule has 0 aromatic heterocycles. The summed E-state index contributed by atoms with van der Waals surface area (Å²) < 4.78 is 5.44. The molecule has 112 valence electrons. The average molecular weight is 306 g/mol. The van der Waals surface area contributed by atoms with Gasteiger partial charge >= 0.3 is 0 Å². The molecular formula is C17H20ClNO2. The fourth-order valence-electron chi connectivity index (χ4n) is 2.07. The molecule has 2 aromatic carbocycles. The molecule has 1 unspecified atom stereocenters. The Hall–Kier alpha value is -1.71. The summed E-state index contributed by atoms with van der Waals surface area (Å²) in [5, 5.41) is 13.2. The summed E-state index contributed by atoms with van der Waals surface area (Å²) in [7, 11) is 0. The summed E-state index contributed by atoms with van der Waals surface area (Å²) in [6.07, 6.45) is 0. The molecule has 3 nitrogen and oxygen atoms in total. The maximum atomic E-state index is 9.40. The molecule has 0 spiro atoms. The lowest BCUT2D eigenvalue weighted by molar-refractivity contribution is 0.340. The van der Waals surface area contributed by atoms with E-state index in [9.17, 15) is 5.11 Å². The average Bonchev–Trinajstić information content (AvgIpc) is 2.49. The highest BCUT2D eigenvalue weighted by molar-refractivity contribution is 6.32. The van der Waals surface area contributed by atoms with E-state index in [2.05, 4.69) is 24.4 Å². The van der Waals surface area contributed by atoms with Crippen LogP contribution in [-0.4, -0.2) is 11.7 Å². The number of phenolic OH excluding ortho intramolecular Hbond substituents is 1. The Morgan fingerprint density at radius 2 is 1.90 bits per heavy atom.